The number of halogens is 2. The third-order valence-electron chi connectivity index (χ3n) is 2.71. The van der Waals surface area contributed by atoms with Crippen LogP contribution < -0.4 is 5.73 Å². The van der Waals surface area contributed by atoms with E-state index in [1.807, 2.05) is 0 Å². The molecule has 1 heterocycles. The molecule has 0 amide bonds. The molecule has 0 aliphatic carbocycles. The number of rotatable bonds is 4. The molecule has 3 nitrogen and oxygen atoms in total. The second kappa shape index (κ2) is 5.25. The van der Waals surface area contributed by atoms with Crippen molar-refractivity contribution in [3.63, 3.8) is 0 Å². The van der Waals surface area contributed by atoms with Gasteiger partial charge in [0.1, 0.15) is 5.52 Å². The maximum absolute atomic E-state index is 6.03. The van der Waals surface area contributed by atoms with E-state index in [1.54, 1.807) is 12.1 Å². The fourth-order valence-electron chi connectivity index (χ4n) is 1.60. The molecule has 2 aromatic rings. The molecule has 1 aromatic carbocycles. The third kappa shape index (κ3) is 2.92. The molecule has 0 saturated carbocycles. The zero-order valence-electron chi connectivity index (χ0n) is 9.54. The Hall–Kier alpha value is -0.770. The summed E-state index contributed by atoms with van der Waals surface area (Å²) in [6, 6.07) is 3.41. The van der Waals surface area contributed by atoms with E-state index in [9.17, 15) is 0 Å². The summed E-state index contributed by atoms with van der Waals surface area (Å²) < 4.78 is 5.61. The molecule has 0 aliphatic heterocycles. The van der Waals surface area contributed by atoms with Crippen LogP contribution in [0.5, 0.6) is 0 Å². The maximum Gasteiger partial charge on any atom is 0.195 e. The Morgan fingerprint density at radius 1 is 1.41 bits per heavy atom. The Morgan fingerprint density at radius 2 is 2.18 bits per heavy atom. The fourth-order valence-corrected chi connectivity index (χ4v) is 2.12. The molecule has 5 heteroatoms. The molecular weight excluding hydrogens is 259 g/mol. The first-order valence-electron chi connectivity index (χ1n) is 5.54. The van der Waals surface area contributed by atoms with Crippen LogP contribution in [0.15, 0.2) is 16.5 Å². The first-order valence-corrected chi connectivity index (χ1v) is 6.30. The van der Waals surface area contributed by atoms with Crippen molar-refractivity contribution in [2.75, 3.05) is 6.54 Å². The van der Waals surface area contributed by atoms with Gasteiger partial charge in [-0.3, -0.25) is 0 Å². The summed E-state index contributed by atoms with van der Waals surface area (Å²) in [6.45, 7) is 2.78. The molecule has 0 spiro atoms. The molecule has 0 bridgehead atoms. The van der Waals surface area contributed by atoms with E-state index in [0.29, 0.717) is 39.5 Å². The number of aryl methyl sites for hydroxylation is 1. The summed E-state index contributed by atoms with van der Waals surface area (Å²) in [5.41, 5.74) is 6.88. The van der Waals surface area contributed by atoms with Crippen molar-refractivity contribution in [2.45, 2.75) is 19.8 Å². The monoisotopic (exact) mass is 272 g/mol. The summed E-state index contributed by atoms with van der Waals surface area (Å²) in [5.74, 6) is 1.15. The van der Waals surface area contributed by atoms with Gasteiger partial charge in [-0.1, -0.05) is 30.1 Å². The van der Waals surface area contributed by atoms with E-state index >= 15 is 0 Å². The predicted molar refractivity (Wildman–Crippen MR) is 70.6 cm³/mol. The SMILES string of the molecule is CC(CN)CCc1nc2cc(Cl)cc(Cl)c2o1. The number of aromatic nitrogens is 1. The van der Waals surface area contributed by atoms with Gasteiger partial charge in [0, 0.05) is 11.4 Å². The molecule has 2 N–H and O–H groups in total. The number of nitrogens with two attached hydrogens (primary N) is 1. The van der Waals surface area contributed by atoms with Crippen molar-refractivity contribution in [3.05, 3.63) is 28.1 Å². The predicted octanol–water partition coefficient (Wildman–Crippen LogP) is 3.66. The van der Waals surface area contributed by atoms with Crippen LogP contribution in [0.4, 0.5) is 0 Å². The molecule has 1 atom stereocenters. The van der Waals surface area contributed by atoms with Crippen LogP contribution in [0, 0.1) is 5.92 Å². The van der Waals surface area contributed by atoms with Gasteiger partial charge in [-0.05, 0) is 31.0 Å². The summed E-state index contributed by atoms with van der Waals surface area (Å²) in [5, 5.41) is 1.07. The lowest BCUT2D eigenvalue weighted by molar-refractivity contribution is 0.471. The lowest BCUT2D eigenvalue weighted by Crippen LogP contribution is -2.11. The van der Waals surface area contributed by atoms with Gasteiger partial charge in [-0.2, -0.15) is 0 Å². The van der Waals surface area contributed by atoms with Gasteiger partial charge in [0.2, 0.25) is 0 Å². The van der Waals surface area contributed by atoms with E-state index < -0.39 is 0 Å². The van der Waals surface area contributed by atoms with Crippen LogP contribution in [-0.4, -0.2) is 11.5 Å². The molecule has 0 radical (unpaired) electrons. The lowest BCUT2D eigenvalue weighted by Gasteiger charge is -2.04. The van der Waals surface area contributed by atoms with Gasteiger partial charge < -0.3 is 10.2 Å². The largest absolute Gasteiger partial charge is 0.439 e. The highest BCUT2D eigenvalue weighted by Gasteiger charge is 2.11. The van der Waals surface area contributed by atoms with Crippen LogP contribution in [0.3, 0.4) is 0 Å². The number of nitrogens with zero attached hydrogens (tertiary/aromatic N) is 1. The molecule has 0 fully saturated rings. The molecule has 1 aromatic heterocycles. The number of oxazole rings is 1. The molecular formula is C12H14Cl2N2O. The van der Waals surface area contributed by atoms with Gasteiger partial charge in [0.25, 0.3) is 0 Å². The van der Waals surface area contributed by atoms with Gasteiger partial charge in [-0.25, -0.2) is 4.98 Å². The average molecular weight is 273 g/mol. The minimum Gasteiger partial charge on any atom is -0.439 e. The third-order valence-corrected chi connectivity index (χ3v) is 3.21. The van der Waals surface area contributed by atoms with Gasteiger partial charge in [0.05, 0.1) is 5.02 Å². The number of fused-ring (bicyclic) bond motifs is 1. The summed E-state index contributed by atoms with van der Waals surface area (Å²) >= 11 is 11.9. The Balaban J connectivity index is 2.23. The molecule has 1 unspecified atom stereocenters. The van der Waals surface area contributed by atoms with E-state index in [-0.39, 0.29) is 0 Å². The van der Waals surface area contributed by atoms with Crippen molar-refractivity contribution in [3.8, 4) is 0 Å². The second-order valence-corrected chi connectivity index (χ2v) is 5.07. The zero-order chi connectivity index (χ0) is 12.4. The van der Waals surface area contributed by atoms with Crippen molar-refractivity contribution in [1.29, 1.82) is 0 Å². The first-order chi connectivity index (χ1) is 8.10. The quantitative estimate of drug-likeness (QED) is 0.924. The summed E-state index contributed by atoms with van der Waals surface area (Å²) in [6.07, 6.45) is 1.72. The van der Waals surface area contributed by atoms with Crippen LogP contribution >= 0.6 is 23.2 Å². The zero-order valence-corrected chi connectivity index (χ0v) is 11.1. The van der Waals surface area contributed by atoms with Crippen molar-refractivity contribution in [2.24, 2.45) is 11.7 Å². The fraction of sp³-hybridized carbons (Fsp3) is 0.417. The molecule has 0 aliphatic rings. The highest BCUT2D eigenvalue weighted by molar-refractivity contribution is 6.37. The highest BCUT2D eigenvalue weighted by Crippen LogP contribution is 2.28. The average Bonchev–Trinajstić information content (AvgIpc) is 2.69. The molecule has 17 heavy (non-hydrogen) atoms. The number of benzene rings is 1. The van der Waals surface area contributed by atoms with E-state index in [4.69, 9.17) is 33.4 Å². The minimum absolute atomic E-state index is 0.462. The van der Waals surface area contributed by atoms with Crippen LogP contribution in [0.25, 0.3) is 11.1 Å². The van der Waals surface area contributed by atoms with Crippen molar-refractivity contribution < 1.29 is 4.42 Å². The van der Waals surface area contributed by atoms with Crippen molar-refractivity contribution in [1.82, 2.24) is 4.98 Å². The Kier molecular flexibility index (Phi) is 3.92. The number of hydrogen-bond donors (Lipinski definition) is 1. The Bertz CT molecular complexity index is 524. The normalized spacial score (nSPS) is 13.2. The summed E-state index contributed by atoms with van der Waals surface area (Å²) in [7, 11) is 0. The number of hydrogen-bond acceptors (Lipinski definition) is 3. The van der Waals surface area contributed by atoms with Crippen LogP contribution in [0.1, 0.15) is 19.2 Å². The molecule has 2 rings (SSSR count). The second-order valence-electron chi connectivity index (χ2n) is 4.22. The molecule has 0 saturated heterocycles. The van der Waals surface area contributed by atoms with E-state index in [2.05, 4.69) is 11.9 Å². The van der Waals surface area contributed by atoms with Crippen LogP contribution in [-0.2, 0) is 6.42 Å². The van der Waals surface area contributed by atoms with Crippen LogP contribution in [0.2, 0.25) is 10.0 Å². The van der Waals surface area contributed by atoms with Gasteiger partial charge in [0.15, 0.2) is 11.5 Å². The Morgan fingerprint density at radius 3 is 2.88 bits per heavy atom. The Labute approximate surface area is 110 Å². The van der Waals surface area contributed by atoms with Crippen molar-refractivity contribution >= 4 is 34.3 Å². The van der Waals surface area contributed by atoms with E-state index in [1.165, 1.54) is 0 Å². The van der Waals surface area contributed by atoms with Gasteiger partial charge >= 0.3 is 0 Å². The maximum atomic E-state index is 6.03. The van der Waals surface area contributed by atoms with Gasteiger partial charge in [-0.15, -0.1) is 0 Å². The lowest BCUT2D eigenvalue weighted by atomic mass is 10.1. The first kappa shape index (κ1) is 12.7. The summed E-state index contributed by atoms with van der Waals surface area (Å²) in [4.78, 5) is 4.36. The standard InChI is InChI=1S/C12H14Cl2N2O/c1-7(6-15)2-3-11-16-10-5-8(13)4-9(14)12(10)17-11/h4-5,7H,2-3,6,15H2,1H3. The van der Waals surface area contributed by atoms with E-state index in [0.717, 1.165) is 12.8 Å². The molecule has 92 valence electrons. The topological polar surface area (TPSA) is 52.0 Å². The smallest absolute Gasteiger partial charge is 0.195 e. The minimum atomic E-state index is 0.462. The highest BCUT2D eigenvalue weighted by atomic mass is 35.5.